The predicted octanol–water partition coefficient (Wildman–Crippen LogP) is -0.244. The largest absolute Gasteiger partial charge is 0.370 e. The lowest BCUT2D eigenvalue weighted by Crippen LogP contribution is -2.39. The highest BCUT2D eigenvalue weighted by molar-refractivity contribution is 5.78. The first kappa shape index (κ1) is 13.0. The number of hydrogen-bond donors (Lipinski definition) is 3. The molecule has 1 aliphatic heterocycles. The minimum absolute atomic E-state index is 0.0162. The van der Waals surface area contributed by atoms with Crippen LogP contribution in [-0.2, 0) is 9.59 Å². The van der Waals surface area contributed by atoms with Crippen molar-refractivity contribution in [3.63, 3.8) is 0 Å². The molecule has 0 radical (unpaired) electrons. The summed E-state index contributed by atoms with van der Waals surface area (Å²) in [5.74, 6) is 0.0594. The van der Waals surface area contributed by atoms with Crippen molar-refractivity contribution in [3.8, 4) is 0 Å². The van der Waals surface area contributed by atoms with Crippen LogP contribution in [0.2, 0.25) is 0 Å². The van der Waals surface area contributed by atoms with Crippen LogP contribution in [0.5, 0.6) is 0 Å². The highest BCUT2D eigenvalue weighted by Gasteiger charge is 2.18. The maximum atomic E-state index is 11.6. The zero-order valence-corrected chi connectivity index (χ0v) is 9.79. The number of rotatable bonds is 5. The number of carbonyl (C=O) groups is 2. The highest BCUT2D eigenvalue weighted by atomic mass is 16.2. The van der Waals surface area contributed by atoms with Crippen LogP contribution in [0.15, 0.2) is 0 Å². The Labute approximate surface area is 96.1 Å². The van der Waals surface area contributed by atoms with Crippen LogP contribution in [0.1, 0.15) is 32.6 Å². The van der Waals surface area contributed by atoms with Crippen molar-refractivity contribution < 1.29 is 9.59 Å². The van der Waals surface area contributed by atoms with Gasteiger partial charge in [0.25, 0.3) is 0 Å². The van der Waals surface area contributed by atoms with Crippen LogP contribution in [-0.4, -0.2) is 30.9 Å². The molecule has 16 heavy (non-hydrogen) atoms. The molecule has 0 aromatic heterocycles. The number of primary amides is 1. The second-order valence-corrected chi connectivity index (χ2v) is 4.56. The summed E-state index contributed by atoms with van der Waals surface area (Å²) in [6.45, 7) is 3.76. The molecule has 4 N–H and O–H groups in total. The van der Waals surface area contributed by atoms with Crippen LogP contribution in [0, 0.1) is 5.92 Å². The molecular weight excluding hydrogens is 206 g/mol. The molecule has 2 atom stereocenters. The second-order valence-electron chi connectivity index (χ2n) is 4.56. The molecule has 0 aromatic rings. The third kappa shape index (κ3) is 5.11. The fourth-order valence-electron chi connectivity index (χ4n) is 2.05. The number of carbonyl (C=O) groups excluding carboxylic acids is 2. The van der Waals surface area contributed by atoms with Crippen LogP contribution in [0.3, 0.4) is 0 Å². The van der Waals surface area contributed by atoms with Crippen LogP contribution >= 0.6 is 0 Å². The van der Waals surface area contributed by atoms with E-state index in [-0.39, 0.29) is 24.3 Å². The first-order chi connectivity index (χ1) is 7.58. The van der Waals surface area contributed by atoms with E-state index in [0.717, 1.165) is 25.9 Å². The standard InChI is InChI=1S/C11H21N3O2/c1-8(5-10(12)15)14-11(16)6-9-3-2-4-13-7-9/h8-9,13H,2-7H2,1H3,(H2,12,15)(H,14,16). The Bertz CT molecular complexity index is 250. The molecule has 0 saturated carbocycles. The molecule has 92 valence electrons. The van der Waals surface area contributed by atoms with Crippen molar-refractivity contribution in [3.05, 3.63) is 0 Å². The average molecular weight is 227 g/mol. The Morgan fingerprint density at radius 3 is 2.88 bits per heavy atom. The third-order valence-corrected chi connectivity index (χ3v) is 2.79. The molecule has 1 fully saturated rings. The molecule has 1 saturated heterocycles. The van der Waals surface area contributed by atoms with Crippen molar-refractivity contribution in [2.45, 2.75) is 38.6 Å². The summed E-state index contributed by atoms with van der Waals surface area (Å²) in [4.78, 5) is 22.3. The van der Waals surface area contributed by atoms with E-state index in [0.29, 0.717) is 12.3 Å². The molecule has 0 aromatic carbocycles. The van der Waals surface area contributed by atoms with Crippen molar-refractivity contribution in [2.24, 2.45) is 11.7 Å². The Morgan fingerprint density at radius 2 is 2.31 bits per heavy atom. The second kappa shape index (κ2) is 6.48. The average Bonchev–Trinajstić information content (AvgIpc) is 2.17. The van der Waals surface area contributed by atoms with Gasteiger partial charge >= 0.3 is 0 Å². The van der Waals surface area contributed by atoms with Crippen LogP contribution in [0.25, 0.3) is 0 Å². The molecule has 1 aliphatic rings. The number of hydrogen-bond acceptors (Lipinski definition) is 3. The maximum Gasteiger partial charge on any atom is 0.220 e. The molecule has 2 amide bonds. The number of nitrogens with one attached hydrogen (secondary N) is 2. The van der Waals surface area contributed by atoms with E-state index in [2.05, 4.69) is 10.6 Å². The third-order valence-electron chi connectivity index (χ3n) is 2.79. The van der Waals surface area contributed by atoms with E-state index < -0.39 is 0 Å². The van der Waals surface area contributed by atoms with E-state index in [1.807, 2.05) is 0 Å². The molecule has 5 heteroatoms. The Hall–Kier alpha value is -1.10. The lowest BCUT2D eigenvalue weighted by Gasteiger charge is -2.22. The Balaban J connectivity index is 2.21. The van der Waals surface area contributed by atoms with E-state index in [9.17, 15) is 9.59 Å². The minimum Gasteiger partial charge on any atom is -0.370 e. The molecule has 2 unspecified atom stereocenters. The predicted molar refractivity (Wildman–Crippen MR) is 61.6 cm³/mol. The van der Waals surface area contributed by atoms with E-state index in [1.54, 1.807) is 6.92 Å². The number of piperidine rings is 1. The SMILES string of the molecule is CC(CC(N)=O)NC(=O)CC1CCCNC1. The van der Waals surface area contributed by atoms with Crippen molar-refractivity contribution in [1.82, 2.24) is 10.6 Å². The van der Waals surface area contributed by atoms with Gasteiger partial charge < -0.3 is 16.4 Å². The Morgan fingerprint density at radius 1 is 1.56 bits per heavy atom. The fourth-order valence-corrected chi connectivity index (χ4v) is 2.05. The molecule has 0 bridgehead atoms. The normalized spacial score (nSPS) is 22.4. The summed E-state index contributed by atoms with van der Waals surface area (Å²) >= 11 is 0. The van der Waals surface area contributed by atoms with Gasteiger partial charge in [0.2, 0.25) is 11.8 Å². The van der Waals surface area contributed by atoms with Gasteiger partial charge in [0.15, 0.2) is 0 Å². The Kier molecular flexibility index (Phi) is 5.25. The van der Waals surface area contributed by atoms with Gasteiger partial charge in [0, 0.05) is 18.9 Å². The molecule has 0 spiro atoms. The minimum atomic E-state index is -0.382. The summed E-state index contributed by atoms with van der Waals surface area (Å²) in [7, 11) is 0. The summed E-state index contributed by atoms with van der Waals surface area (Å²) in [5.41, 5.74) is 5.05. The summed E-state index contributed by atoms with van der Waals surface area (Å²) in [5, 5.41) is 6.06. The lowest BCUT2D eigenvalue weighted by atomic mass is 9.96. The molecular formula is C11H21N3O2. The van der Waals surface area contributed by atoms with Gasteiger partial charge in [-0.1, -0.05) is 0 Å². The maximum absolute atomic E-state index is 11.6. The van der Waals surface area contributed by atoms with E-state index in [4.69, 9.17) is 5.73 Å². The summed E-state index contributed by atoms with van der Waals surface area (Å²) in [6.07, 6.45) is 2.98. The van der Waals surface area contributed by atoms with Gasteiger partial charge in [-0.05, 0) is 38.8 Å². The van der Waals surface area contributed by atoms with Gasteiger partial charge in [0.05, 0.1) is 0 Å². The smallest absolute Gasteiger partial charge is 0.220 e. The molecule has 0 aliphatic carbocycles. The summed E-state index contributed by atoms with van der Waals surface area (Å²) in [6, 6.07) is -0.165. The van der Waals surface area contributed by atoms with Gasteiger partial charge in [0.1, 0.15) is 0 Å². The summed E-state index contributed by atoms with van der Waals surface area (Å²) < 4.78 is 0. The highest BCUT2D eigenvalue weighted by Crippen LogP contribution is 2.13. The van der Waals surface area contributed by atoms with Crippen molar-refractivity contribution in [1.29, 1.82) is 0 Å². The van der Waals surface area contributed by atoms with E-state index >= 15 is 0 Å². The molecule has 1 heterocycles. The van der Waals surface area contributed by atoms with Crippen LogP contribution in [0.4, 0.5) is 0 Å². The first-order valence-corrected chi connectivity index (χ1v) is 5.86. The zero-order valence-electron chi connectivity index (χ0n) is 9.79. The van der Waals surface area contributed by atoms with Gasteiger partial charge in [-0.2, -0.15) is 0 Å². The lowest BCUT2D eigenvalue weighted by molar-refractivity contribution is -0.123. The molecule has 5 nitrogen and oxygen atoms in total. The monoisotopic (exact) mass is 227 g/mol. The number of amides is 2. The van der Waals surface area contributed by atoms with E-state index in [1.165, 1.54) is 0 Å². The quantitative estimate of drug-likeness (QED) is 0.606. The number of nitrogens with two attached hydrogens (primary N) is 1. The van der Waals surface area contributed by atoms with Gasteiger partial charge in [-0.3, -0.25) is 9.59 Å². The van der Waals surface area contributed by atoms with Crippen molar-refractivity contribution >= 4 is 11.8 Å². The van der Waals surface area contributed by atoms with Gasteiger partial charge in [-0.25, -0.2) is 0 Å². The zero-order chi connectivity index (χ0) is 12.0. The van der Waals surface area contributed by atoms with Gasteiger partial charge in [-0.15, -0.1) is 0 Å². The van der Waals surface area contributed by atoms with Crippen molar-refractivity contribution in [2.75, 3.05) is 13.1 Å². The first-order valence-electron chi connectivity index (χ1n) is 5.86. The fraction of sp³-hybridized carbons (Fsp3) is 0.818. The topological polar surface area (TPSA) is 84.2 Å². The molecule has 1 rings (SSSR count). The van der Waals surface area contributed by atoms with Crippen LogP contribution < -0.4 is 16.4 Å².